The van der Waals surface area contributed by atoms with Gasteiger partial charge in [-0.25, -0.2) is 0 Å². The molecule has 0 aromatic heterocycles. The molecule has 0 aromatic carbocycles. The van der Waals surface area contributed by atoms with Crippen molar-refractivity contribution in [3.05, 3.63) is 0 Å². The van der Waals surface area contributed by atoms with Crippen LogP contribution in [0.3, 0.4) is 0 Å². The number of nitrogens with two attached hydrogens (primary N) is 2. The molecular formula is C7H18N2O2. The van der Waals surface area contributed by atoms with Crippen LogP contribution >= 0.6 is 0 Å². The van der Waals surface area contributed by atoms with Gasteiger partial charge in [0, 0.05) is 12.1 Å². The van der Waals surface area contributed by atoms with Crippen LogP contribution in [-0.2, 0) is 0 Å². The first-order valence-electron chi connectivity index (χ1n) is 3.82. The van der Waals surface area contributed by atoms with E-state index < -0.39 is 12.2 Å². The molecule has 0 aromatic rings. The normalized spacial score (nSPS) is 22.4. The maximum absolute atomic E-state index is 8.99. The summed E-state index contributed by atoms with van der Waals surface area (Å²) < 4.78 is 0. The van der Waals surface area contributed by atoms with Crippen LogP contribution in [0.5, 0.6) is 0 Å². The van der Waals surface area contributed by atoms with E-state index in [0.29, 0.717) is 6.42 Å². The fourth-order valence-corrected chi connectivity index (χ4v) is 0.708. The molecule has 0 aliphatic rings. The molecule has 11 heavy (non-hydrogen) atoms. The number of hydrogen-bond donors (Lipinski definition) is 4. The van der Waals surface area contributed by atoms with Gasteiger partial charge in [0.05, 0.1) is 12.2 Å². The first-order chi connectivity index (χ1) is 4.95. The summed E-state index contributed by atoms with van der Waals surface area (Å²) in [5.74, 6) is 0. The highest BCUT2D eigenvalue weighted by molar-refractivity contribution is 4.77. The van der Waals surface area contributed by atoms with Gasteiger partial charge in [-0.05, 0) is 20.3 Å². The van der Waals surface area contributed by atoms with Crippen LogP contribution in [0, 0.1) is 0 Å². The highest BCUT2D eigenvalue weighted by atomic mass is 16.3. The third-order valence-electron chi connectivity index (χ3n) is 1.78. The minimum Gasteiger partial charge on any atom is -0.392 e. The summed E-state index contributed by atoms with van der Waals surface area (Å²) in [7, 11) is 0. The Morgan fingerprint density at radius 3 is 1.45 bits per heavy atom. The topological polar surface area (TPSA) is 92.5 Å². The van der Waals surface area contributed by atoms with Crippen molar-refractivity contribution in [2.45, 2.75) is 44.6 Å². The van der Waals surface area contributed by atoms with Crippen molar-refractivity contribution in [1.82, 2.24) is 0 Å². The molecule has 68 valence electrons. The Labute approximate surface area is 67.2 Å². The Balaban J connectivity index is 3.66. The van der Waals surface area contributed by atoms with E-state index in [1.54, 1.807) is 13.8 Å². The lowest BCUT2D eigenvalue weighted by Crippen LogP contribution is -2.43. The Morgan fingerprint density at radius 1 is 1.00 bits per heavy atom. The lowest BCUT2D eigenvalue weighted by molar-refractivity contribution is 0.122. The minimum atomic E-state index is -0.570. The zero-order chi connectivity index (χ0) is 9.02. The van der Waals surface area contributed by atoms with E-state index in [1.165, 1.54) is 0 Å². The van der Waals surface area contributed by atoms with Crippen molar-refractivity contribution in [3.8, 4) is 0 Å². The molecule has 4 heteroatoms. The Morgan fingerprint density at radius 2 is 1.27 bits per heavy atom. The first-order valence-corrected chi connectivity index (χ1v) is 3.82. The summed E-state index contributed by atoms with van der Waals surface area (Å²) in [6.07, 6.45) is -0.699. The molecule has 0 rings (SSSR count). The molecule has 0 heterocycles. The minimum absolute atomic E-state index is 0.348. The average Bonchev–Trinajstić information content (AvgIpc) is 1.87. The van der Waals surface area contributed by atoms with Gasteiger partial charge in [0.25, 0.3) is 0 Å². The second-order valence-corrected chi connectivity index (χ2v) is 3.04. The van der Waals surface area contributed by atoms with Crippen molar-refractivity contribution in [2.75, 3.05) is 0 Å². The highest BCUT2D eigenvalue weighted by Gasteiger charge is 2.16. The van der Waals surface area contributed by atoms with Crippen LogP contribution in [-0.4, -0.2) is 34.5 Å². The summed E-state index contributed by atoms with van der Waals surface area (Å²) >= 11 is 0. The van der Waals surface area contributed by atoms with Crippen LogP contribution in [0.15, 0.2) is 0 Å². The van der Waals surface area contributed by atoms with Crippen molar-refractivity contribution >= 4 is 0 Å². The van der Waals surface area contributed by atoms with Crippen LogP contribution in [0.4, 0.5) is 0 Å². The summed E-state index contributed by atoms with van der Waals surface area (Å²) in [6.45, 7) is 3.22. The fraction of sp³-hybridized carbons (Fsp3) is 1.00. The second-order valence-electron chi connectivity index (χ2n) is 3.04. The molecule has 4 nitrogen and oxygen atoms in total. The number of aliphatic hydroxyl groups is 2. The molecule has 4 atom stereocenters. The van der Waals surface area contributed by atoms with Crippen LogP contribution in [0.25, 0.3) is 0 Å². The molecule has 0 bridgehead atoms. The maximum Gasteiger partial charge on any atom is 0.0663 e. The lowest BCUT2D eigenvalue weighted by atomic mass is 10.0. The van der Waals surface area contributed by atoms with Gasteiger partial charge >= 0.3 is 0 Å². The van der Waals surface area contributed by atoms with Gasteiger partial charge in [0.15, 0.2) is 0 Å². The number of aliphatic hydroxyl groups excluding tert-OH is 2. The molecule has 4 unspecified atom stereocenters. The number of hydrogen-bond acceptors (Lipinski definition) is 4. The molecule has 0 radical (unpaired) electrons. The summed E-state index contributed by atoms with van der Waals surface area (Å²) in [6, 6.07) is -0.695. The molecule has 0 amide bonds. The molecule has 0 aliphatic heterocycles. The molecule has 0 fully saturated rings. The van der Waals surface area contributed by atoms with Gasteiger partial charge in [-0.15, -0.1) is 0 Å². The van der Waals surface area contributed by atoms with Crippen molar-refractivity contribution in [3.63, 3.8) is 0 Å². The molecule has 0 aliphatic carbocycles. The Kier molecular flexibility index (Phi) is 4.60. The predicted octanol–water partition coefficient (Wildman–Crippen LogP) is -1.21. The van der Waals surface area contributed by atoms with Crippen molar-refractivity contribution in [2.24, 2.45) is 11.5 Å². The van der Waals surface area contributed by atoms with Gasteiger partial charge in [0.2, 0.25) is 0 Å². The summed E-state index contributed by atoms with van der Waals surface area (Å²) in [5.41, 5.74) is 11.0. The third kappa shape index (κ3) is 4.31. The average molecular weight is 162 g/mol. The van der Waals surface area contributed by atoms with Gasteiger partial charge in [-0.2, -0.15) is 0 Å². The van der Waals surface area contributed by atoms with Crippen molar-refractivity contribution in [1.29, 1.82) is 0 Å². The smallest absolute Gasteiger partial charge is 0.0663 e. The van der Waals surface area contributed by atoms with Crippen LogP contribution in [0.2, 0.25) is 0 Å². The van der Waals surface area contributed by atoms with Gasteiger partial charge in [-0.3, -0.25) is 0 Å². The molecule has 6 N–H and O–H groups in total. The third-order valence-corrected chi connectivity index (χ3v) is 1.78. The summed E-state index contributed by atoms with van der Waals surface area (Å²) in [5, 5.41) is 18.0. The predicted molar refractivity (Wildman–Crippen MR) is 43.9 cm³/mol. The van der Waals surface area contributed by atoms with Gasteiger partial charge in [-0.1, -0.05) is 0 Å². The zero-order valence-electron chi connectivity index (χ0n) is 7.07. The number of rotatable bonds is 4. The van der Waals surface area contributed by atoms with E-state index in [-0.39, 0.29) is 12.1 Å². The molecular weight excluding hydrogens is 144 g/mol. The van der Waals surface area contributed by atoms with Gasteiger partial charge < -0.3 is 21.7 Å². The monoisotopic (exact) mass is 162 g/mol. The van der Waals surface area contributed by atoms with E-state index in [9.17, 15) is 0 Å². The van der Waals surface area contributed by atoms with E-state index in [2.05, 4.69) is 0 Å². The first kappa shape index (κ1) is 10.8. The van der Waals surface area contributed by atoms with Crippen LogP contribution in [0.1, 0.15) is 20.3 Å². The van der Waals surface area contributed by atoms with Crippen molar-refractivity contribution < 1.29 is 10.2 Å². The molecule has 0 spiro atoms. The second kappa shape index (κ2) is 4.66. The SMILES string of the molecule is CC(O)C(N)CC(N)C(C)O. The Bertz CT molecular complexity index is 94.6. The highest BCUT2D eigenvalue weighted by Crippen LogP contribution is 2.01. The zero-order valence-corrected chi connectivity index (χ0v) is 7.07. The largest absolute Gasteiger partial charge is 0.392 e. The van der Waals surface area contributed by atoms with Gasteiger partial charge in [0.1, 0.15) is 0 Å². The quantitative estimate of drug-likeness (QED) is 0.417. The fourth-order valence-electron chi connectivity index (χ4n) is 0.708. The van der Waals surface area contributed by atoms with Crippen LogP contribution < -0.4 is 11.5 Å². The standard InChI is InChI=1S/C7H18N2O2/c1-4(10)6(8)3-7(9)5(2)11/h4-7,10-11H,3,8-9H2,1-2H3. The maximum atomic E-state index is 8.99. The summed E-state index contributed by atoms with van der Waals surface area (Å²) in [4.78, 5) is 0. The molecule has 0 saturated carbocycles. The van der Waals surface area contributed by atoms with E-state index in [0.717, 1.165) is 0 Å². The van der Waals surface area contributed by atoms with E-state index >= 15 is 0 Å². The molecule has 0 saturated heterocycles. The Hall–Kier alpha value is -0.160. The van der Waals surface area contributed by atoms with E-state index in [4.69, 9.17) is 21.7 Å². The lowest BCUT2D eigenvalue weighted by Gasteiger charge is -2.21. The van der Waals surface area contributed by atoms with E-state index in [1.807, 2.05) is 0 Å².